The third-order valence-corrected chi connectivity index (χ3v) is 8.47. The summed E-state index contributed by atoms with van der Waals surface area (Å²) in [7, 11) is 0. The summed E-state index contributed by atoms with van der Waals surface area (Å²) in [5.74, 6) is 0.707. The summed E-state index contributed by atoms with van der Waals surface area (Å²) in [4.78, 5) is 10.6. The van der Waals surface area contributed by atoms with Crippen LogP contribution in [0.1, 0.15) is 0 Å². The third-order valence-electron chi connectivity index (χ3n) is 8.47. The van der Waals surface area contributed by atoms with Gasteiger partial charge in [-0.05, 0) is 56.6 Å². The van der Waals surface area contributed by atoms with Gasteiger partial charge in [0, 0.05) is 27.5 Å². The Morgan fingerprint density at radius 3 is 2.00 bits per heavy atom. The second kappa shape index (κ2) is 9.37. The zero-order chi connectivity index (χ0) is 28.3. The number of benzene rings is 7. The van der Waals surface area contributed by atoms with Crippen molar-refractivity contribution in [3.8, 4) is 33.9 Å². The van der Waals surface area contributed by atoms with Crippen molar-refractivity contribution in [2.24, 2.45) is 0 Å². The highest BCUT2D eigenvalue weighted by Crippen LogP contribution is 2.41. The molecule has 0 amide bonds. The molecule has 0 radical (unpaired) electrons. The molecule has 43 heavy (non-hydrogen) atoms. The number of para-hydroxylation sites is 1. The van der Waals surface area contributed by atoms with Crippen molar-refractivity contribution < 1.29 is 4.42 Å². The van der Waals surface area contributed by atoms with Crippen LogP contribution in [0, 0.1) is 0 Å². The highest BCUT2D eigenvalue weighted by molar-refractivity contribution is 6.19. The number of furan rings is 1. The molecule has 200 valence electrons. The number of nitrogens with zero attached hydrogens (tertiary/aromatic N) is 2. The van der Waals surface area contributed by atoms with Gasteiger partial charge in [0.05, 0.1) is 11.4 Å². The normalized spacial score (nSPS) is 11.7. The molecule has 3 nitrogen and oxygen atoms in total. The molecule has 0 atom stereocenters. The molecule has 2 heterocycles. The predicted molar refractivity (Wildman–Crippen MR) is 178 cm³/mol. The summed E-state index contributed by atoms with van der Waals surface area (Å²) >= 11 is 0. The van der Waals surface area contributed by atoms with Crippen molar-refractivity contribution in [3.05, 3.63) is 146 Å². The van der Waals surface area contributed by atoms with Gasteiger partial charge in [-0.3, -0.25) is 0 Å². The fourth-order valence-electron chi connectivity index (χ4n) is 6.50. The fourth-order valence-corrected chi connectivity index (χ4v) is 6.50. The van der Waals surface area contributed by atoms with Gasteiger partial charge in [-0.1, -0.05) is 121 Å². The summed E-state index contributed by atoms with van der Waals surface area (Å²) in [6.07, 6.45) is 0. The standard InChI is InChI=1S/C40H24N2O/c1-2-12-26(13-3-1)34-24-35(31-18-10-20-37-38(31)32-17-8-9-19-36(32)43-37)42-40(41-34)39-29-16-7-5-14-27(29)23-33-28-15-6-4-11-25(28)21-22-30(33)39/h1-24H. The van der Waals surface area contributed by atoms with Gasteiger partial charge in [-0.2, -0.15) is 0 Å². The second-order valence-electron chi connectivity index (χ2n) is 11.0. The molecule has 0 aliphatic carbocycles. The molecule has 0 bridgehead atoms. The van der Waals surface area contributed by atoms with Gasteiger partial charge in [0.1, 0.15) is 11.2 Å². The van der Waals surface area contributed by atoms with Gasteiger partial charge >= 0.3 is 0 Å². The van der Waals surface area contributed by atoms with Crippen LogP contribution in [0.4, 0.5) is 0 Å². The molecular formula is C40H24N2O. The van der Waals surface area contributed by atoms with Gasteiger partial charge in [-0.15, -0.1) is 0 Å². The first-order valence-corrected chi connectivity index (χ1v) is 14.5. The van der Waals surface area contributed by atoms with Crippen LogP contribution >= 0.6 is 0 Å². The van der Waals surface area contributed by atoms with E-state index < -0.39 is 0 Å². The van der Waals surface area contributed by atoms with Crippen LogP contribution in [0.15, 0.2) is 150 Å². The molecule has 0 spiro atoms. The summed E-state index contributed by atoms with van der Waals surface area (Å²) in [6.45, 7) is 0. The van der Waals surface area contributed by atoms with Crippen molar-refractivity contribution in [1.82, 2.24) is 9.97 Å². The first kappa shape index (κ1) is 23.9. The van der Waals surface area contributed by atoms with Gasteiger partial charge in [-0.25, -0.2) is 9.97 Å². The van der Waals surface area contributed by atoms with Crippen molar-refractivity contribution in [2.75, 3.05) is 0 Å². The topological polar surface area (TPSA) is 38.9 Å². The lowest BCUT2D eigenvalue weighted by Gasteiger charge is -2.15. The van der Waals surface area contributed by atoms with Crippen LogP contribution < -0.4 is 0 Å². The summed E-state index contributed by atoms with van der Waals surface area (Å²) in [6, 6.07) is 50.8. The Kier molecular flexibility index (Phi) is 5.20. The number of aromatic nitrogens is 2. The Balaban J connectivity index is 1.42. The van der Waals surface area contributed by atoms with Gasteiger partial charge in [0.25, 0.3) is 0 Å². The van der Waals surface area contributed by atoms with E-state index in [0.29, 0.717) is 5.82 Å². The zero-order valence-electron chi connectivity index (χ0n) is 23.2. The molecule has 0 fully saturated rings. The molecule has 7 aromatic carbocycles. The highest BCUT2D eigenvalue weighted by Gasteiger charge is 2.19. The van der Waals surface area contributed by atoms with Gasteiger partial charge < -0.3 is 4.42 Å². The molecule has 0 aliphatic rings. The highest BCUT2D eigenvalue weighted by atomic mass is 16.3. The number of rotatable bonds is 3. The van der Waals surface area contributed by atoms with Gasteiger partial charge in [0.15, 0.2) is 5.82 Å². The van der Waals surface area contributed by atoms with E-state index in [1.165, 1.54) is 21.5 Å². The van der Waals surface area contributed by atoms with E-state index in [1.54, 1.807) is 0 Å². The average Bonchev–Trinajstić information content (AvgIpc) is 3.46. The quantitative estimate of drug-likeness (QED) is 0.163. The maximum atomic E-state index is 6.26. The summed E-state index contributed by atoms with van der Waals surface area (Å²) in [5.41, 5.74) is 6.58. The SMILES string of the molecule is c1ccc(-c2cc(-c3cccc4oc5ccccc5c34)nc(-c3c4ccccc4cc4c3ccc3ccccc34)n2)cc1. The Hall–Kier alpha value is -5.80. The number of hydrogen-bond donors (Lipinski definition) is 0. The average molecular weight is 549 g/mol. The minimum Gasteiger partial charge on any atom is -0.456 e. The van der Waals surface area contributed by atoms with E-state index in [2.05, 4.69) is 115 Å². The molecule has 9 rings (SSSR count). The first-order chi connectivity index (χ1) is 21.3. The lowest BCUT2D eigenvalue weighted by atomic mass is 9.92. The molecule has 0 saturated carbocycles. The second-order valence-corrected chi connectivity index (χ2v) is 11.0. The van der Waals surface area contributed by atoms with Crippen LogP contribution in [-0.4, -0.2) is 9.97 Å². The third kappa shape index (κ3) is 3.75. The van der Waals surface area contributed by atoms with Crippen LogP contribution in [0.2, 0.25) is 0 Å². The zero-order valence-corrected chi connectivity index (χ0v) is 23.2. The Morgan fingerprint density at radius 1 is 0.419 bits per heavy atom. The largest absolute Gasteiger partial charge is 0.456 e. The Bertz CT molecular complexity index is 2510. The van der Waals surface area contributed by atoms with Crippen molar-refractivity contribution in [3.63, 3.8) is 0 Å². The van der Waals surface area contributed by atoms with Gasteiger partial charge in [0.2, 0.25) is 0 Å². The first-order valence-electron chi connectivity index (χ1n) is 14.5. The number of hydrogen-bond acceptors (Lipinski definition) is 3. The molecule has 2 aromatic heterocycles. The monoisotopic (exact) mass is 548 g/mol. The maximum Gasteiger partial charge on any atom is 0.161 e. The summed E-state index contributed by atoms with van der Waals surface area (Å²) in [5, 5.41) is 9.22. The van der Waals surface area contributed by atoms with Crippen LogP contribution in [0.3, 0.4) is 0 Å². The van der Waals surface area contributed by atoms with Crippen molar-refractivity contribution >= 4 is 54.3 Å². The maximum absolute atomic E-state index is 6.26. The van der Waals surface area contributed by atoms with Crippen LogP contribution in [0.5, 0.6) is 0 Å². The lowest BCUT2D eigenvalue weighted by molar-refractivity contribution is 0.669. The molecule has 3 heteroatoms. The predicted octanol–water partition coefficient (Wildman–Crippen LogP) is 10.8. The van der Waals surface area contributed by atoms with Crippen LogP contribution in [0.25, 0.3) is 88.2 Å². The molecule has 0 N–H and O–H groups in total. The van der Waals surface area contributed by atoms with E-state index >= 15 is 0 Å². The van der Waals surface area contributed by atoms with E-state index in [1.807, 2.05) is 30.3 Å². The Morgan fingerprint density at radius 2 is 1.12 bits per heavy atom. The van der Waals surface area contributed by atoms with E-state index in [-0.39, 0.29) is 0 Å². The molecule has 0 saturated heterocycles. The molecular weight excluding hydrogens is 524 g/mol. The number of fused-ring (bicyclic) bond motifs is 7. The minimum atomic E-state index is 0.707. The smallest absolute Gasteiger partial charge is 0.161 e. The molecule has 9 aromatic rings. The molecule has 0 aliphatic heterocycles. The molecule has 0 unspecified atom stereocenters. The Labute approximate surface area is 247 Å². The van der Waals surface area contributed by atoms with E-state index in [0.717, 1.165) is 60.8 Å². The van der Waals surface area contributed by atoms with Crippen LogP contribution in [-0.2, 0) is 0 Å². The van der Waals surface area contributed by atoms with E-state index in [9.17, 15) is 0 Å². The summed E-state index contributed by atoms with van der Waals surface area (Å²) < 4.78 is 6.26. The minimum absolute atomic E-state index is 0.707. The van der Waals surface area contributed by atoms with Crippen molar-refractivity contribution in [2.45, 2.75) is 0 Å². The van der Waals surface area contributed by atoms with E-state index in [4.69, 9.17) is 14.4 Å². The van der Waals surface area contributed by atoms with Crippen molar-refractivity contribution in [1.29, 1.82) is 0 Å². The lowest BCUT2D eigenvalue weighted by Crippen LogP contribution is -1.98. The fraction of sp³-hybridized carbons (Fsp3) is 0.